The van der Waals surface area contributed by atoms with E-state index in [1.807, 2.05) is 35.0 Å². The summed E-state index contributed by atoms with van der Waals surface area (Å²) in [5, 5.41) is 1.16. The van der Waals surface area contributed by atoms with Gasteiger partial charge in [-0.2, -0.15) is 0 Å². The summed E-state index contributed by atoms with van der Waals surface area (Å²) in [7, 11) is -0.415. The molecule has 0 aliphatic rings. The number of rotatable bonds is 5. The van der Waals surface area contributed by atoms with Crippen molar-refractivity contribution in [3.8, 4) is 0 Å². The number of fused-ring (bicyclic) bond motifs is 1. The van der Waals surface area contributed by atoms with Crippen molar-refractivity contribution in [3.63, 3.8) is 0 Å². The lowest BCUT2D eigenvalue weighted by molar-refractivity contribution is -0.149. The van der Waals surface area contributed by atoms with E-state index in [-0.39, 0.29) is 5.97 Å². The van der Waals surface area contributed by atoms with Gasteiger partial charge in [-0.05, 0) is 37.2 Å². The van der Waals surface area contributed by atoms with Gasteiger partial charge in [0.25, 0.3) is 0 Å². The molecular formula is C15H21NO3Si. The number of methoxy groups -OCH3 is 1. The lowest BCUT2D eigenvalue weighted by Gasteiger charge is -2.25. The van der Waals surface area contributed by atoms with Gasteiger partial charge < -0.3 is 13.7 Å². The molecule has 1 heterocycles. The van der Waals surface area contributed by atoms with Gasteiger partial charge in [0.05, 0.1) is 13.7 Å². The second-order valence-electron chi connectivity index (χ2n) is 5.77. The predicted molar refractivity (Wildman–Crippen MR) is 82.2 cm³/mol. The number of carbonyl (C=O) groups is 1. The monoisotopic (exact) mass is 291 g/mol. The Labute approximate surface area is 120 Å². The quantitative estimate of drug-likeness (QED) is 0.628. The SMILES string of the molecule is COC(=O)C(Cn1ccc2ccccc21)O[Si](C)(C)C. The Morgan fingerprint density at radius 1 is 1.25 bits per heavy atom. The number of ether oxygens (including phenoxy) is 1. The average Bonchev–Trinajstić information content (AvgIpc) is 2.79. The number of esters is 1. The minimum atomic E-state index is -1.81. The van der Waals surface area contributed by atoms with E-state index in [0.717, 1.165) is 10.9 Å². The maximum atomic E-state index is 11.9. The Bertz CT molecular complexity index is 600. The van der Waals surface area contributed by atoms with Crippen molar-refractivity contribution in [1.29, 1.82) is 0 Å². The summed E-state index contributed by atoms with van der Waals surface area (Å²) >= 11 is 0. The second kappa shape index (κ2) is 5.81. The number of hydrogen-bond acceptors (Lipinski definition) is 3. The fourth-order valence-electron chi connectivity index (χ4n) is 2.20. The molecule has 0 N–H and O–H groups in total. The van der Waals surface area contributed by atoms with Gasteiger partial charge >= 0.3 is 5.97 Å². The molecule has 0 spiro atoms. The summed E-state index contributed by atoms with van der Waals surface area (Å²) < 4.78 is 12.9. The minimum absolute atomic E-state index is 0.315. The van der Waals surface area contributed by atoms with E-state index >= 15 is 0 Å². The summed E-state index contributed by atoms with van der Waals surface area (Å²) in [5.74, 6) is -0.315. The van der Waals surface area contributed by atoms with Crippen LogP contribution in [0.25, 0.3) is 10.9 Å². The third-order valence-electron chi connectivity index (χ3n) is 3.00. The lowest BCUT2D eigenvalue weighted by Crippen LogP contribution is -2.39. The molecule has 0 saturated carbocycles. The van der Waals surface area contributed by atoms with Gasteiger partial charge in [0.1, 0.15) is 0 Å². The van der Waals surface area contributed by atoms with Crippen molar-refractivity contribution in [1.82, 2.24) is 4.57 Å². The number of benzene rings is 1. The molecule has 1 aromatic heterocycles. The molecule has 108 valence electrons. The third kappa shape index (κ3) is 3.49. The first-order chi connectivity index (χ1) is 9.40. The summed E-state index contributed by atoms with van der Waals surface area (Å²) in [5.41, 5.74) is 1.10. The van der Waals surface area contributed by atoms with Gasteiger partial charge in [-0.1, -0.05) is 18.2 Å². The van der Waals surface area contributed by atoms with Crippen LogP contribution in [0.1, 0.15) is 0 Å². The summed E-state index contributed by atoms with van der Waals surface area (Å²) in [6, 6.07) is 10.1. The third-order valence-corrected chi connectivity index (χ3v) is 3.99. The molecule has 0 saturated heterocycles. The highest BCUT2D eigenvalue weighted by Gasteiger charge is 2.28. The normalized spacial score (nSPS) is 13.4. The van der Waals surface area contributed by atoms with Crippen LogP contribution in [0, 0.1) is 0 Å². The van der Waals surface area contributed by atoms with Gasteiger partial charge in [0, 0.05) is 11.7 Å². The van der Waals surface area contributed by atoms with Crippen LogP contribution in [-0.2, 0) is 20.5 Å². The van der Waals surface area contributed by atoms with Crippen LogP contribution in [0.2, 0.25) is 19.6 Å². The van der Waals surface area contributed by atoms with Crippen LogP contribution in [0.15, 0.2) is 36.5 Å². The van der Waals surface area contributed by atoms with E-state index in [2.05, 4.69) is 25.7 Å². The minimum Gasteiger partial charge on any atom is -0.467 e. The number of carbonyl (C=O) groups excluding carboxylic acids is 1. The van der Waals surface area contributed by atoms with Crippen LogP contribution in [0.4, 0.5) is 0 Å². The molecule has 4 nitrogen and oxygen atoms in total. The van der Waals surface area contributed by atoms with Crippen LogP contribution < -0.4 is 0 Å². The molecule has 0 aliphatic heterocycles. The predicted octanol–water partition coefficient (Wildman–Crippen LogP) is 3.03. The molecule has 2 aromatic rings. The number of nitrogens with zero attached hydrogens (tertiary/aromatic N) is 1. The first-order valence-electron chi connectivity index (χ1n) is 6.70. The van der Waals surface area contributed by atoms with E-state index in [4.69, 9.17) is 9.16 Å². The van der Waals surface area contributed by atoms with E-state index in [0.29, 0.717) is 6.54 Å². The maximum absolute atomic E-state index is 11.9. The molecule has 20 heavy (non-hydrogen) atoms. The fraction of sp³-hybridized carbons (Fsp3) is 0.400. The zero-order valence-corrected chi connectivity index (χ0v) is 13.4. The number of hydrogen-bond donors (Lipinski definition) is 0. The van der Waals surface area contributed by atoms with E-state index < -0.39 is 14.4 Å². The molecule has 1 atom stereocenters. The van der Waals surface area contributed by atoms with Crippen molar-refractivity contribution in [3.05, 3.63) is 36.5 Å². The zero-order valence-electron chi connectivity index (χ0n) is 12.4. The first-order valence-corrected chi connectivity index (χ1v) is 10.1. The van der Waals surface area contributed by atoms with Gasteiger partial charge in [0.2, 0.25) is 0 Å². The smallest absolute Gasteiger partial charge is 0.335 e. The highest BCUT2D eigenvalue weighted by molar-refractivity contribution is 6.69. The standard InChI is InChI=1S/C15H21NO3Si/c1-18-15(17)14(19-20(2,3)4)11-16-10-9-12-7-5-6-8-13(12)16/h5-10,14H,11H2,1-4H3. The van der Waals surface area contributed by atoms with Crippen molar-refractivity contribution < 1.29 is 14.0 Å². The van der Waals surface area contributed by atoms with Gasteiger partial charge in [0.15, 0.2) is 14.4 Å². The van der Waals surface area contributed by atoms with Gasteiger partial charge in [-0.15, -0.1) is 0 Å². The summed E-state index contributed by atoms with van der Waals surface area (Å²) in [4.78, 5) is 11.9. The van der Waals surface area contributed by atoms with Crippen LogP contribution >= 0.6 is 0 Å². The first kappa shape index (κ1) is 14.8. The van der Waals surface area contributed by atoms with Gasteiger partial charge in [-0.3, -0.25) is 0 Å². The molecule has 1 unspecified atom stereocenters. The molecule has 0 amide bonds. The molecule has 2 rings (SSSR count). The maximum Gasteiger partial charge on any atom is 0.335 e. The molecule has 0 radical (unpaired) electrons. The second-order valence-corrected chi connectivity index (χ2v) is 10.2. The van der Waals surface area contributed by atoms with E-state index in [1.54, 1.807) is 0 Å². The number of para-hydroxylation sites is 1. The van der Waals surface area contributed by atoms with Crippen molar-refractivity contribution in [2.75, 3.05) is 7.11 Å². The largest absolute Gasteiger partial charge is 0.467 e. The van der Waals surface area contributed by atoms with Gasteiger partial charge in [-0.25, -0.2) is 4.79 Å². The Hall–Kier alpha value is -1.59. The highest BCUT2D eigenvalue weighted by atomic mass is 28.4. The lowest BCUT2D eigenvalue weighted by atomic mass is 10.2. The molecule has 0 bridgehead atoms. The van der Waals surface area contributed by atoms with Crippen LogP contribution in [-0.4, -0.2) is 32.1 Å². The van der Waals surface area contributed by atoms with Crippen LogP contribution in [0.3, 0.4) is 0 Å². The highest BCUT2D eigenvalue weighted by Crippen LogP contribution is 2.18. The molecule has 1 aromatic carbocycles. The Kier molecular flexibility index (Phi) is 4.30. The van der Waals surface area contributed by atoms with Crippen molar-refractivity contribution >= 4 is 25.2 Å². The van der Waals surface area contributed by atoms with Crippen LogP contribution in [0.5, 0.6) is 0 Å². The van der Waals surface area contributed by atoms with Crippen molar-refractivity contribution in [2.24, 2.45) is 0 Å². The molecule has 0 aliphatic carbocycles. The Balaban J connectivity index is 2.25. The van der Waals surface area contributed by atoms with Crippen molar-refractivity contribution in [2.45, 2.75) is 32.3 Å². The average molecular weight is 291 g/mol. The molecular weight excluding hydrogens is 270 g/mol. The Morgan fingerprint density at radius 3 is 2.60 bits per heavy atom. The summed E-state index contributed by atoms with van der Waals surface area (Å²) in [6.07, 6.45) is 1.43. The number of aromatic nitrogens is 1. The molecule has 5 heteroatoms. The fourth-order valence-corrected chi connectivity index (χ4v) is 3.22. The molecule has 0 fully saturated rings. The topological polar surface area (TPSA) is 40.5 Å². The summed E-state index contributed by atoms with van der Waals surface area (Å²) in [6.45, 7) is 6.68. The Morgan fingerprint density at radius 2 is 1.95 bits per heavy atom. The van der Waals surface area contributed by atoms with E-state index in [1.165, 1.54) is 7.11 Å². The van der Waals surface area contributed by atoms with E-state index in [9.17, 15) is 4.79 Å². The zero-order chi connectivity index (χ0) is 14.8.